The summed E-state index contributed by atoms with van der Waals surface area (Å²) in [5.41, 5.74) is 0. The van der Waals surface area contributed by atoms with Crippen LogP contribution in [-0.4, -0.2) is 22.3 Å². The Morgan fingerprint density at radius 3 is 2.91 bits per heavy atom. The van der Waals surface area contributed by atoms with Crippen molar-refractivity contribution >= 4 is 28.7 Å². The van der Waals surface area contributed by atoms with Gasteiger partial charge in [-0.1, -0.05) is 22.6 Å². The Morgan fingerprint density at radius 1 is 1.36 bits per heavy atom. The minimum Gasteiger partial charge on any atom is -0.427 e. The lowest BCUT2D eigenvalue weighted by molar-refractivity contribution is 0.115. The van der Waals surface area contributed by atoms with Gasteiger partial charge in [0.2, 0.25) is 0 Å². The SMILES string of the molecule is O=C1OC2CCCC(I)C2O1. The smallest absolute Gasteiger partial charge is 0.427 e. The third-order valence-corrected chi connectivity index (χ3v) is 3.50. The fraction of sp³-hybridized carbons (Fsp3) is 0.857. The molecule has 4 heteroatoms. The number of halogens is 1. The maximum atomic E-state index is 10.7. The molecule has 3 nitrogen and oxygen atoms in total. The Bertz CT molecular complexity index is 183. The van der Waals surface area contributed by atoms with E-state index in [2.05, 4.69) is 22.6 Å². The van der Waals surface area contributed by atoms with Gasteiger partial charge in [-0.25, -0.2) is 4.79 Å². The van der Waals surface area contributed by atoms with E-state index in [-0.39, 0.29) is 12.2 Å². The molecule has 11 heavy (non-hydrogen) atoms. The zero-order chi connectivity index (χ0) is 7.84. The second-order valence-corrected chi connectivity index (χ2v) is 4.54. The van der Waals surface area contributed by atoms with Gasteiger partial charge >= 0.3 is 6.16 Å². The van der Waals surface area contributed by atoms with Gasteiger partial charge in [0, 0.05) is 0 Å². The zero-order valence-electron chi connectivity index (χ0n) is 5.96. The first-order valence-corrected chi connectivity index (χ1v) is 5.03. The summed E-state index contributed by atoms with van der Waals surface area (Å²) in [4.78, 5) is 10.7. The number of carbonyl (C=O) groups excluding carboxylic acids is 1. The van der Waals surface area contributed by atoms with Crippen LogP contribution in [-0.2, 0) is 9.47 Å². The van der Waals surface area contributed by atoms with Gasteiger partial charge in [-0.2, -0.15) is 0 Å². The molecule has 3 unspecified atom stereocenters. The van der Waals surface area contributed by atoms with Crippen molar-refractivity contribution in [2.45, 2.75) is 35.4 Å². The Hall–Kier alpha value is -0.0000000000000000555. The molecule has 1 aliphatic carbocycles. The summed E-state index contributed by atoms with van der Waals surface area (Å²) in [6.07, 6.45) is 2.83. The predicted molar refractivity (Wildman–Crippen MR) is 46.8 cm³/mol. The molecule has 0 bridgehead atoms. The largest absolute Gasteiger partial charge is 0.509 e. The van der Waals surface area contributed by atoms with Crippen molar-refractivity contribution in [3.05, 3.63) is 0 Å². The molecule has 2 rings (SSSR count). The van der Waals surface area contributed by atoms with Gasteiger partial charge in [-0.15, -0.1) is 0 Å². The van der Waals surface area contributed by atoms with Crippen LogP contribution in [0.1, 0.15) is 19.3 Å². The Balaban J connectivity index is 2.09. The minimum absolute atomic E-state index is 0.0249. The van der Waals surface area contributed by atoms with Crippen LogP contribution in [0.15, 0.2) is 0 Å². The first-order valence-electron chi connectivity index (χ1n) is 3.79. The fourth-order valence-electron chi connectivity index (χ4n) is 1.61. The number of ether oxygens (including phenoxy) is 2. The molecule has 0 spiro atoms. The fourth-order valence-corrected chi connectivity index (χ4v) is 2.66. The summed E-state index contributed by atoms with van der Waals surface area (Å²) in [6.45, 7) is 0. The van der Waals surface area contributed by atoms with E-state index in [1.165, 1.54) is 0 Å². The number of hydrogen-bond acceptors (Lipinski definition) is 3. The van der Waals surface area contributed by atoms with E-state index < -0.39 is 6.16 Å². The third-order valence-electron chi connectivity index (χ3n) is 2.17. The molecule has 0 amide bonds. The van der Waals surface area contributed by atoms with E-state index in [4.69, 9.17) is 9.47 Å². The normalized spacial score (nSPS) is 42.6. The molecule has 1 aliphatic heterocycles. The van der Waals surface area contributed by atoms with Gasteiger partial charge in [0.25, 0.3) is 0 Å². The number of fused-ring (bicyclic) bond motifs is 1. The molecule has 0 radical (unpaired) electrons. The summed E-state index contributed by atoms with van der Waals surface area (Å²) < 4.78 is 10.4. The highest BCUT2D eigenvalue weighted by Crippen LogP contribution is 2.33. The van der Waals surface area contributed by atoms with E-state index in [1.54, 1.807) is 0 Å². The Labute approximate surface area is 78.6 Å². The topological polar surface area (TPSA) is 35.5 Å². The predicted octanol–water partition coefficient (Wildman–Crippen LogP) is 1.88. The molecule has 2 fully saturated rings. The molecule has 1 heterocycles. The average Bonchev–Trinajstić information content (AvgIpc) is 2.31. The highest BCUT2D eigenvalue weighted by Gasteiger charge is 2.43. The lowest BCUT2D eigenvalue weighted by Gasteiger charge is -2.25. The van der Waals surface area contributed by atoms with Crippen LogP contribution < -0.4 is 0 Å². The maximum absolute atomic E-state index is 10.7. The van der Waals surface area contributed by atoms with Crippen LogP contribution in [0.5, 0.6) is 0 Å². The summed E-state index contributed by atoms with van der Waals surface area (Å²) in [5, 5.41) is 0. The van der Waals surface area contributed by atoms with Crippen LogP contribution in [0.3, 0.4) is 0 Å². The standard InChI is InChI=1S/C7H9IO3/c8-4-2-1-3-5-6(4)11-7(9)10-5/h4-6H,1-3H2. The summed E-state index contributed by atoms with van der Waals surface area (Å²) >= 11 is 2.33. The van der Waals surface area contributed by atoms with Gasteiger partial charge in [0.05, 0.1) is 3.92 Å². The van der Waals surface area contributed by atoms with Crippen LogP contribution in [0.2, 0.25) is 0 Å². The van der Waals surface area contributed by atoms with Gasteiger partial charge in [0.1, 0.15) is 6.10 Å². The van der Waals surface area contributed by atoms with Gasteiger partial charge in [-0.05, 0) is 19.3 Å². The molecule has 0 aromatic heterocycles. The monoisotopic (exact) mass is 268 g/mol. The van der Waals surface area contributed by atoms with Crippen molar-refractivity contribution < 1.29 is 14.3 Å². The molecule has 3 atom stereocenters. The van der Waals surface area contributed by atoms with Gasteiger partial charge in [0.15, 0.2) is 6.10 Å². The van der Waals surface area contributed by atoms with Crippen LogP contribution >= 0.6 is 22.6 Å². The van der Waals surface area contributed by atoms with Crippen molar-refractivity contribution in [3.63, 3.8) is 0 Å². The molecule has 0 aromatic carbocycles. The van der Waals surface area contributed by atoms with Crippen molar-refractivity contribution in [1.82, 2.24) is 0 Å². The van der Waals surface area contributed by atoms with Crippen molar-refractivity contribution in [2.75, 3.05) is 0 Å². The third kappa shape index (κ3) is 1.32. The average molecular weight is 268 g/mol. The Morgan fingerprint density at radius 2 is 2.18 bits per heavy atom. The number of rotatable bonds is 0. The van der Waals surface area contributed by atoms with Gasteiger partial charge in [-0.3, -0.25) is 0 Å². The number of hydrogen-bond donors (Lipinski definition) is 0. The number of carbonyl (C=O) groups is 1. The quantitative estimate of drug-likeness (QED) is 0.382. The maximum Gasteiger partial charge on any atom is 0.509 e. The molecule has 62 valence electrons. The first-order chi connectivity index (χ1) is 5.27. The Kier molecular flexibility index (Phi) is 1.95. The van der Waals surface area contributed by atoms with E-state index in [9.17, 15) is 4.79 Å². The van der Waals surface area contributed by atoms with Crippen molar-refractivity contribution in [2.24, 2.45) is 0 Å². The summed E-state index contributed by atoms with van der Waals surface area (Å²) in [7, 11) is 0. The van der Waals surface area contributed by atoms with Crippen LogP contribution in [0.25, 0.3) is 0 Å². The van der Waals surface area contributed by atoms with E-state index in [1.807, 2.05) is 0 Å². The molecule has 2 aliphatic rings. The van der Waals surface area contributed by atoms with Crippen molar-refractivity contribution in [3.8, 4) is 0 Å². The van der Waals surface area contributed by atoms with Crippen LogP contribution in [0, 0.1) is 0 Å². The summed E-state index contributed by atoms with van der Waals surface area (Å²) in [6, 6.07) is 0. The lowest BCUT2D eigenvalue weighted by Crippen LogP contribution is -2.35. The minimum atomic E-state index is -0.483. The lowest BCUT2D eigenvalue weighted by atomic mass is 9.95. The van der Waals surface area contributed by atoms with E-state index in [0.717, 1.165) is 19.3 Å². The zero-order valence-corrected chi connectivity index (χ0v) is 8.11. The molecular formula is C7H9IO3. The molecule has 0 N–H and O–H groups in total. The number of alkyl halides is 1. The summed E-state index contributed by atoms with van der Waals surface area (Å²) in [5.74, 6) is 0. The van der Waals surface area contributed by atoms with Crippen molar-refractivity contribution in [1.29, 1.82) is 0 Å². The second-order valence-electron chi connectivity index (χ2n) is 2.94. The molecule has 1 saturated carbocycles. The van der Waals surface area contributed by atoms with E-state index >= 15 is 0 Å². The second kappa shape index (κ2) is 2.80. The van der Waals surface area contributed by atoms with Gasteiger partial charge < -0.3 is 9.47 Å². The highest BCUT2D eigenvalue weighted by molar-refractivity contribution is 14.1. The molecule has 0 aromatic rings. The molecular weight excluding hydrogens is 259 g/mol. The van der Waals surface area contributed by atoms with E-state index in [0.29, 0.717) is 3.92 Å². The highest BCUT2D eigenvalue weighted by atomic mass is 127. The first kappa shape index (κ1) is 7.64. The van der Waals surface area contributed by atoms with Crippen LogP contribution in [0.4, 0.5) is 4.79 Å². The molecule has 1 saturated heterocycles.